The van der Waals surface area contributed by atoms with Crippen LogP contribution in [0.2, 0.25) is 0 Å². The number of nitrogens with zero attached hydrogens (tertiary/aromatic N) is 1. The molecule has 0 saturated carbocycles. The fraction of sp³-hybridized carbons (Fsp3) is 0.296. The molecule has 4 nitrogen and oxygen atoms in total. The number of hydrogen-bond donors (Lipinski definition) is 2. The van der Waals surface area contributed by atoms with Crippen LogP contribution in [0.25, 0.3) is 0 Å². The number of carbonyl (C=O) groups is 1. The van der Waals surface area contributed by atoms with Crippen molar-refractivity contribution in [3.63, 3.8) is 0 Å². The first-order valence-electron chi connectivity index (χ1n) is 11.2. The molecular formula is C27H30FN3O. The maximum Gasteiger partial charge on any atom is 0.221 e. The predicted molar refractivity (Wildman–Crippen MR) is 127 cm³/mol. The van der Waals surface area contributed by atoms with Gasteiger partial charge in [0.1, 0.15) is 5.82 Å². The predicted octanol–water partition coefficient (Wildman–Crippen LogP) is 4.54. The van der Waals surface area contributed by atoms with Gasteiger partial charge in [0.05, 0.1) is 0 Å². The fourth-order valence-electron chi connectivity index (χ4n) is 4.36. The van der Waals surface area contributed by atoms with Crippen LogP contribution >= 0.6 is 0 Å². The molecule has 1 heterocycles. The summed E-state index contributed by atoms with van der Waals surface area (Å²) in [6.45, 7) is 5.07. The van der Waals surface area contributed by atoms with Gasteiger partial charge in [-0.1, -0.05) is 48.5 Å². The van der Waals surface area contributed by atoms with Crippen molar-refractivity contribution in [2.75, 3.05) is 18.4 Å². The zero-order valence-corrected chi connectivity index (χ0v) is 18.5. The second-order valence-corrected chi connectivity index (χ2v) is 8.48. The van der Waals surface area contributed by atoms with Crippen molar-refractivity contribution in [2.45, 2.75) is 38.9 Å². The van der Waals surface area contributed by atoms with Crippen molar-refractivity contribution >= 4 is 11.6 Å². The molecule has 4 rings (SSSR count). The van der Waals surface area contributed by atoms with E-state index >= 15 is 0 Å². The second-order valence-electron chi connectivity index (χ2n) is 8.48. The van der Waals surface area contributed by atoms with E-state index in [2.05, 4.69) is 39.8 Å². The summed E-state index contributed by atoms with van der Waals surface area (Å²) < 4.78 is 13.3. The molecule has 1 aliphatic rings. The minimum Gasteiger partial charge on any atom is -0.326 e. The molecule has 0 spiro atoms. The van der Waals surface area contributed by atoms with E-state index in [0.29, 0.717) is 6.04 Å². The average Bonchev–Trinajstić information content (AvgIpc) is 2.79. The van der Waals surface area contributed by atoms with E-state index in [1.54, 1.807) is 12.1 Å². The highest BCUT2D eigenvalue weighted by Crippen LogP contribution is 2.25. The van der Waals surface area contributed by atoms with Gasteiger partial charge in [-0.2, -0.15) is 0 Å². The molecular weight excluding hydrogens is 401 g/mol. The number of carbonyl (C=O) groups excluding carboxylic acids is 1. The van der Waals surface area contributed by atoms with Gasteiger partial charge in [0.15, 0.2) is 0 Å². The average molecular weight is 432 g/mol. The van der Waals surface area contributed by atoms with Gasteiger partial charge in [0.2, 0.25) is 5.91 Å². The van der Waals surface area contributed by atoms with Gasteiger partial charge in [-0.25, -0.2) is 4.39 Å². The lowest BCUT2D eigenvalue weighted by Crippen LogP contribution is -2.44. The number of benzene rings is 3. The number of nitrogens with one attached hydrogen (secondary N) is 2. The highest BCUT2D eigenvalue weighted by atomic mass is 19.1. The first-order valence-corrected chi connectivity index (χ1v) is 11.2. The third-order valence-electron chi connectivity index (χ3n) is 6.03. The van der Waals surface area contributed by atoms with Crippen LogP contribution in [0, 0.1) is 5.82 Å². The van der Waals surface area contributed by atoms with Crippen molar-refractivity contribution in [1.82, 2.24) is 10.2 Å². The molecule has 0 radical (unpaired) electrons. The van der Waals surface area contributed by atoms with Crippen molar-refractivity contribution < 1.29 is 9.18 Å². The summed E-state index contributed by atoms with van der Waals surface area (Å²) >= 11 is 0. The summed E-state index contributed by atoms with van der Waals surface area (Å²) in [4.78, 5) is 13.7. The van der Waals surface area contributed by atoms with Crippen LogP contribution < -0.4 is 10.6 Å². The van der Waals surface area contributed by atoms with Crippen LogP contribution in [-0.4, -0.2) is 29.9 Å². The number of rotatable bonds is 8. The summed E-state index contributed by atoms with van der Waals surface area (Å²) in [7, 11) is 0. The minimum atomic E-state index is -0.186. The quantitative estimate of drug-likeness (QED) is 0.515. The Morgan fingerprint density at radius 3 is 2.38 bits per heavy atom. The van der Waals surface area contributed by atoms with E-state index in [4.69, 9.17) is 0 Å². The molecule has 1 atom stereocenters. The van der Waals surface area contributed by atoms with Gasteiger partial charge in [-0.05, 0) is 59.4 Å². The molecule has 3 aromatic rings. The van der Waals surface area contributed by atoms with Gasteiger partial charge >= 0.3 is 0 Å². The van der Waals surface area contributed by atoms with Crippen LogP contribution in [0.4, 0.5) is 10.1 Å². The number of anilines is 1. The van der Waals surface area contributed by atoms with Crippen LogP contribution in [-0.2, 0) is 30.7 Å². The molecule has 3 aromatic carbocycles. The molecule has 2 N–H and O–H groups in total. The van der Waals surface area contributed by atoms with E-state index in [0.717, 1.165) is 44.7 Å². The second kappa shape index (κ2) is 10.5. The minimum absolute atomic E-state index is 0.0610. The number of fused-ring (bicyclic) bond motifs is 1. The summed E-state index contributed by atoms with van der Waals surface area (Å²) in [5.41, 5.74) is 6.00. The Balaban J connectivity index is 1.34. The first-order chi connectivity index (χ1) is 15.6. The Morgan fingerprint density at radius 1 is 0.969 bits per heavy atom. The van der Waals surface area contributed by atoms with Crippen LogP contribution in [0.15, 0.2) is 72.8 Å². The molecule has 1 aliphatic heterocycles. The molecule has 0 fully saturated rings. The Kier molecular flexibility index (Phi) is 7.30. The largest absolute Gasteiger partial charge is 0.326 e. The Hall–Kier alpha value is -3.02. The lowest BCUT2D eigenvalue weighted by atomic mass is 9.90. The van der Waals surface area contributed by atoms with Crippen LogP contribution in [0.1, 0.15) is 29.2 Å². The van der Waals surface area contributed by atoms with Gasteiger partial charge in [0, 0.05) is 44.8 Å². The normalized spacial score (nSPS) is 15.9. The van der Waals surface area contributed by atoms with Crippen molar-refractivity contribution in [3.8, 4) is 0 Å². The molecule has 5 heteroatoms. The summed E-state index contributed by atoms with van der Waals surface area (Å²) in [6, 6.07) is 23.9. The van der Waals surface area contributed by atoms with Gasteiger partial charge in [0.25, 0.3) is 0 Å². The molecule has 0 saturated heterocycles. The molecule has 1 amide bonds. The fourth-order valence-corrected chi connectivity index (χ4v) is 4.36. The van der Waals surface area contributed by atoms with Gasteiger partial charge in [-0.3, -0.25) is 9.69 Å². The topological polar surface area (TPSA) is 44.4 Å². The smallest absolute Gasteiger partial charge is 0.221 e. The monoisotopic (exact) mass is 431 g/mol. The van der Waals surface area contributed by atoms with Crippen LogP contribution in [0.5, 0.6) is 0 Å². The molecule has 0 aromatic heterocycles. The third kappa shape index (κ3) is 6.02. The molecule has 0 aliphatic carbocycles. The van der Waals surface area contributed by atoms with E-state index in [1.807, 2.05) is 36.4 Å². The number of hydrogen-bond acceptors (Lipinski definition) is 3. The Labute approximate surface area is 189 Å². The molecule has 0 bridgehead atoms. The first kappa shape index (κ1) is 22.2. The molecule has 1 unspecified atom stereocenters. The standard InChI is InChI=1S/C27H30FN3O/c1-20(32)30-26-12-8-22(9-13-26)18-29-14-15-31-19-24-5-3-2-4-23(24)17-27(31)16-21-6-10-25(28)11-7-21/h2-13,27,29H,14-19H2,1H3,(H,30,32). The Morgan fingerprint density at radius 2 is 1.66 bits per heavy atom. The zero-order valence-electron chi connectivity index (χ0n) is 18.5. The number of amides is 1. The highest BCUT2D eigenvalue weighted by Gasteiger charge is 2.25. The van der Waals surface area contributed by atoms with Crippen molar-refractivity contribution in [3.05, 3.63) is 101 Å². The lowest BCUT2D eigenvalue weighted by Gasteiger charge is -2.37. The van der Waals surface area contributed by atoms with Crippen LogP contribution in [0.3, 0.4) is 0 Å². The Bertz CT molecular complexity index is 1030. The van der Waals surface area contributed by atoms with E-state index in [-0.39, 0.29) is 11.7 Å². The van der Waals surface area contributed by atoms with E-state index in [9.17, 15) is 9.18 Å². The molecule has 32 heavy (non-hydrogen) atoms. The maximum absolute atomic E-state index is 13.3. The van der Waals surface area contributed by atoms with Crippen molar-refractivity contribution in [2.24, 2.45) is 0 Å². The summed E-state index contributed by atoms with van der Waals surface area (Å²) in [6.07, 6.45) is 1.93. The third-order valence-corrected chi connectivity index (χ3v) is 6.03. The lowest BCUT2D eigenvalue weighted by molar-refractivity contribution is -0.114. The van der Waals surface area contributed by atoms with Crippen molar-refractivity contribution in [1.29, 1.82) is 0 Å². The highest BCUT2D eigenvalue weighted by molar-refractivity contribution is 5.88. The van der Waals surface area contributed by atoms with Gasteiger partial charge in [-0.15, -0.1) is 0 Å². The molecule has 166 valence electrons. The van der Waals surface area contributed by atoms with E-state index < -0.39 is 0 Å². The van der Waals surface area contributed by atoms with Gasteiger partial charge < -0.3 is 10.6 Å². The summed E-state index contributed by atoms with van der Waals surface area (Å²) in [5.74, 6) is -0.247. The number of halogens is 1. The SMILES string of the molecule is CC(=O)Nc1ccc(CNCCN2Cc3ccccc3CC2Cc2ccc(F)cc2)cc1. The maximum atomic E-state index is 13.3. The zero-order chi connectivity index (χ0) is 22.3. The van der Waals surface area contributed by atoms with E-state index in [1.165, 1.54) is 29.2 Å². The summed E-state index contributed by atoms with van der Waals surface area (Å²) in [5, 5.41) is 6.34.